The number of nitrogens with zero attached hydrogens (tertiary/aromatic N) is 4. The molecule has 5 heterocycles. The number of nitrogens with one attached hydrogen (secondary N) is 1. The molecule has 178 valence electrons. The lowest BCUT2D eigenvalue weighted by molar-refractivity contribution is -0.117. The van der Waals surface area contributed by atoms with Gasteiger partial charge in [0, 0.05) is 54.4 Å². The van der Waals surface area contributed by atoms with Gasteiger partial charge in [0.25, 0.3) is 0 Å². The Bertz CT molecular complexity index is 1210. The molecule has 3 atom stereocenters. The van der Waals surface area contributed by atoms with Crippen LogP contribution in [0.15, 0.2) is 36.7 Å². The SMILES string of the molecule is CCN1[C@@H]2COC[C@H]1CC(Oc1cnc(C)cc1-c1ccn3nc(NC(=O)C4CC4)cc3c1)C2. The molecule has 1 unspecified atom stereocenters. The molecule has 0 radical (unpaired) electrons. The van der Waals surface area contributed by atoms with Crippen molar-refractivity contribution >= 4 is 17.2 Å². The van der Waals surface area contributed by atoms with Crippen LogP contribution in [0, 0.1) is 12.8 Å². The first-order valence-corrected chi connectivity index (χ1v) is 12.3. The minimum Gasteiger partial charge on any atom is -0.488 e. The molecule has 8 nitrogen and oxygen atoms in total. The van der Waals surface area contributed by atoms with Gasteiger partial charge in [-0.15, -0.1) is 0 Å². The Balaban J connectivity index is 1.26. The summed E-state index contributed by atoms with van der Waals surface area (Å²) in [5.74, 6) is 1.61. The van der Waals surface area contributed by atoms with E-state index in [1.54, 1.807) is 4.52 Å². The van der Waals surface area contributed by atoms with Crippen LogP contribution in [-0.2, 0) is 9.53 Å². The average Bonchev–Trinajstić information content (AvgIpc) is 3.60. The zero-order chi connectivity index (χ0) is 23.2. The summed E-state index contributed by atoms with van der Waals surface area (Å²) in [5, 5.41) is 7.44. The number of likely N-dealkylation sites (N-methyl/N-ethyl adjacent to an activating group) is 1. The Hall–Kier alpha value is -2.97. The van der Waals surface area contributed by atoms with Gasteiger partial charge in [-0.05, 0) is 50.1 Å². The van der Waals surface area contributed by atoms with Gasteiger partial charge in [0.2, 0.25) is 5.91 Å². The molecule has 3 fully saturated rings. The van der Waals surface area contributed by atoms with E-state index in [-0.39, 0.29) is 17.9 Å². The number of hydrogen-bond acceptors (Lipinski definition) is 6. The van der Waals surface area contributed by atoms with E-state index >= 15 is 0 Å². The van der Waals surface area contributed by atoms with Gasteiger partial charge < -0.3 is 14.8 Å². The van der Waals surface area contributed by atoms with Gasteiger partial charge in [0.1, 0.15) is 11.9 Å². The highest BCUT2D eigenvalue weighted by molar-refractivity contribution is 5.93. The maximum atomic E-state index is 12.1. The zero-order valence-corrected chi connectivity index (χ0v) is 19.7. The summed E-state index contributed by atoms with van der Waals surface area (Å²) >= 11 is 0. The summed E-state index contributed by atoms with van der Waals surface area (Å²) in [4.78, 5) is 19.2. The van der Waals surface area contributed by atoms with Crippen molar-refractivity contribution in [3.8, 4) is 16.9 Å². The molecule has 3 aromatic rings. The molecule has 3 aliphatic rings. The number of carbonyl (C=O) groups is 1. The molecular formula is C26H31N5O3. The zero-order valence-electron chi connectivity index (χ0n) is 19.7. The number of morpholine rings is 1. The predicted octanol–water partition coefficient (Wildman–Crippen LogP) is 3.68. The van der Waals surface area contributed by atoms with E-state index in [9.17, 15) is 4.79 Å². The largest absolute Gasteiger partial charge is 0.488 e. The number of piperidine rings is 1. The molecule has 2 bridgehead atoms. The summed E-state index contributed by atoms with van der Waals surface area (Å²) in [5.41, 5.74) is 3.94. The van der Waals surface area contributed by atoms with Crippen LogP contribution in [0.25, 0.3) is 16.6 Å². The van der Waals surface area contributed by atoms with Crippen LogP contribution in [0.2, 0.25) is 0 Å². The van der Waals surface area contributed by atoms with Crippen molar-refractivity contribution in [2.45, 2.75) is 57.7 Å². The molecule has 1 N–H and O–H groups in total. The second kappa shape index (κ2) is 8.67. The summed E-state index contributed by atoms with van der Waals surface area (Å²) < 4.78 is 14.2. The van der Waals surface area contributed by atoms with Gasteiger partial charge in [-0.1, -0.05) is 6.92 Å². The van der Waals surface area contributed by atoms with Gasteiger partial charge in [-0.2, -0.15) is 5.10 Å². The van der Waals surface area contributed by atoms with Crippen LogP contribution in [0.1, 0.15) is 38.3 Å². The third-order valence-corrected chi connectivity index (χ3v) is 7.27. The third-order valence-electron chi connectivity index (χ3n) is 7.27. The standard InChI is InChI=1S/C26H31N5O3/c1-3-30-20-10-22(11-21(30)15-33-14-20)34-24-13-27-16(2)8-23(24)18-6-7-31-19(9-18)12-25(29-31)28-26(32)17-4-5-17/h6-9,12-13,17,20-22H,3-5,10-11,14-15H2,1-2H3,(H,28,29,32)/t20-,21+,22?. The van der Waals surface area contributed by atoms with Crippen molar-refractivity contribution in [3.05, 3.63) is 42.4 Å². The number of fused-ring (bicyclic) bond motifs is 3. The fourth-order valence-electron chi connectivity index (χ4n) is 5.40. The van der Waals surface area contributed by atoms with Crippen molar-refractivity contribution in [2.24, 2.45) is 5.92 Å². The number of rotatable bonds is 6. The van der Waals surface area contributed by atoms with Crippen molar-refractivity contribution in [2.75, 3.05) is 25.1 Å². The third kappa shape index (κ3) is 4.16. The first-order valence-electron chi connectivity index (χ1n) is 12.3. The van der Waals surface area contributed by atoms with E-state index in [0.717, 1.165) is 73.5 Å². The second-order valence-electron chi connectivity index (χ2n) is 9.79. The lowest BCUT2D eigenvalue weighted by atomic mass is 9.91. The van der Waals surface area contributed by atoms with Gasteiger partial charge >= 0.3 is 0 Å². The number of aromatic nitrogens is 3. The van der Waals surface area contributed by atoms with Crippen LogP contribution in [0.4, 0.5) is 5.82 Å². The Morgan fingerprint density at radius 3 is 2.74 bits per heavy atom. The van der Waals surface area contributed by atoms with Crippen LogP contribution in [-0.4, -0.2) is 63.4 Å². The summed E-state index contributed by atoms with van der Waals surface area (Å²) in [7, 11) is 0. The Morgan fingerprint density at radius 1 is 1.21 bits per heavy atom. The van der Waals surface area contributed by atoms with E-state index in [1.807, 2.05) is 31.5 Å². The highest BCUT2D eigenvalue weighted by Gasteiger charge is 2.39. The molecule has 34 heavy (non-hydrogen) atoms. The van der Waals surface area contributed by atoms with Crippen LogP contribution >= 0.6 is 0 Å². The molecule has 0 aromatic carbocycles. The summed E-state index contributed by atoms with van der Waals surface area (Å²) in [6.07, 6.45) is 7.79. The number of anilines is 1. The first-order chi connectivity index (χ1) is 16.6. The average molecular weight is 462 g/mol. The highest BCUT2D eigenvalue weighted by atomic mass is 16.5. The molecule has 6 rings (SSSR count). The topological polar surface area (TPSA) is 81.0 Å². The molecule has 2 aliphatic heterocycles. The second-order valence-corrected chi connectivity index (χ2v) is 9.79. The summed E-state index contributed by atoms with van der Waals surface area (Å²) in [6, 6.07) is 8.95. The molecule has 0 spiro atoms. The molecule has 2 saturated heterocycles. The van der Waals surface area contributed by atoms with Crippen molar-refractivity contribution in [3.63, 3.8) is 0 Å². The molecule has 1 saturated carbocycles. The van der Waals surface area contributed by atoms with Crippen LogP contribution in [0.3, 0.4) is 0 Å². The first kappa shape index (κ1) is 21.6. The molecule has 1 amide bonds. The van der Waals surface area contributed by atoms with E-state index < -0.39 is 0 Å². The van der Waals surface area contributed by atoms with Crippen molar-refractivity contribution in [1.82, 2.24) is 19.5 Å². The van der Waals surface area contributed by atoms with E-state index in [1.165, 1.54) is 0 Å². The van der Waals surface area contributed by atoms with E-state index in [4.69, 9.17) is 9.47 Å². The van der Waals surface area contributed by atoms with Crippen LogP contribution in [0.5, 0.6) is 5.75 Å². The Morgan fingerprint density at radius 2 is 2.00 bits per heavy atom. The van der Waals surface area contributed by atoms with Gasteiger partial charge in [0.15, 0.2) is 5.82 Å². The highest BCUT2D eigenvalue weighted by Crippen LogP contribution is 2.36. The fraction of sp³-hybridized carbons (Fsp3) is 0.500. The number of amides is 1. The number of hydrogen-bond donors (Lipinski definition) is 1. The molecule has 8 heteroatoms. The smallest absolute Gasteiger partial charge is 0.228 e. The minimum atomic E-state index is 0.0633. The summed E-state index contributed by atoms with van der Waals surface area (Å²) in [6.45, 7) is 6.83. The lowest BCUT2D eigenvalue weighted by Gasteiger charge is -2.47. The van der Waals surface area contributed by atoms with Crippen molar-refractivity contribution < 1.29 is 14.3 Å². The Labute approximate surface area is 199 Å². The maximum Gasteiger partial charge on any atom is 0.228 e. The van der Waals surface area contributed by atoms with Gasteiger partial charge in [0.05, 0.1) is 24.9 Å². The lowest BCUT2D eigenvalue weighted by Crippen LogP contribution is -2.58. The van der Waals surface area contributed by atoms with E-state index in [0.29, 0.717) is 17.9 Å². The minimum absolute atomic E-state index is 0.0633. The molecular weight excluding hydrogens is 430 g/mol. The fourth-order valence-corrected chi connectivity index (χ4v) is 5.40. The number of carbonyl (C=O) groups excluding carboxylic acids is 1. The quantitative estimate of drug-likeness (QED) is 0.603. The number of aryl methyl sites for hydroxylation is 1. The van der Waals surface area contributed by atoms with E-state index in [2.05, 4.69) is 39.4 Å². The number of pyridine rings is 2. The van der Waals surface area contributed by atoms with Gasteiger partial charge in [-0.3, -0.25) is 14.7 Å². The van der Waals surface area contributed by atoms with Crippen LogP contribution < -0.4 is 10.1 Å². The Kier molecular flexibility index (Phi) is 5.50. The normalized spacial score (nSPS) is 24.8. The molecule has 3 aromatic heterocycles. The van der Waals surface area contributed by atoms with Crippen molar-refractivity contribution in [1.29, 1.82) is 0 Å². The predicted molar refractivity (Wildman–Crippen MR) is 129 cm³/mol. The number of ether oxygens (including phenoxy) is 2. The molecule has 1 aliphatic carbocycles. The monoisotopic (exact) mass is 461 g/mol. The van der Waals surface area contributed by atoms with Gasteiger partial charge in [-0.25, -0.2) is 4.52 Å². The maximum absolute atomic E-state index is 12.1.